The summed E-state index contributed by atoms with van der Waals surface area (Å²) < 4.78 is 46.2. The lowest BCUT2D eigenvalue weighted by Gasteiger charge is -2.11. The predicted molar refractivity (Wildman–Crippen MR) is 72.9 cm³/mol. The van der Waals surface area contributed by atoms with Gasteiger partial charge in [0.05, 0.1) is 15.5 Å². The van der Waals surface area contributed by atoms with Gasteiger partial charge in [-0.05, 0) is 24.6 Å². The molecule has 0 amide bonds. The molecule has 0 bridgehead atoms. The van der Waals surface area contributed by atoms with Crippen molar-refractivity contribution in [2.75, 3.05) is 31.0 Å². The molecule has 0 saturated heterocycles. The van der Waals surface area contributed by atoms with Crippen LogP contribution in [0.1, 0.15) is 6.42 Å². The summed E-state index contributed by atoms with van der Waals surface area (Å²) in [6.45, 7) is 0.389. The van der Waals surface area contributed by atoms with Crippen LogP contribution in [0.2, 0.25) is 0 Å². The summed E-state index contributed by atoms with van der Waals surface area (Å²) in [6, 6.07) is 3.92. The SMILES string of the molecule is CS(=O)(=O)c1ccc(NCCCO)c(S(C)(=O)=O)c1. The van der Waals surface area contributed by atoms with E-state index in [1.54, 1.807) is 0 Å². The number of nitrogens with one attached hydrogen (secondary N) is 1. The second-order valence-electron chi connectivity index (χ2n) is 4.21. The minimum atomic E-state index is -3.54. The highest BCUT2D eigenvalue weighted by molar-refractivity contribution is 7.91. The molecule has 1 rings (SSSR count). The van der Waals surface area contributed by atoms with Crippen LogP contribution >= 0.6 is 0 Å². The summed E-state index contributed by atoms with van der Waals surface area (Å²) in [5.74, 6) is 0. The number of hydrogen-bond acceptors (Lipinski definition) is 6. The number of anilines is 1. The van der Waals surface area contributed by atoms with Crippen molar-refractivity contribution in [3.8, 4) is 0 Å². The van der Waals surface area contributed by atoms with Crippen molar-refractivity contribution in [1.29, 1.82) is 0 Å². The Balaban J connectivity index is 3.26. The number of aliphatic hydroxyl groups excluding tert-OH is 1. The van der Waals surface area contributed by atoms with Gasteiger partial charge in [0.15, 0.2) is 19.7 Å². The van der Waals surface area contributed by atoms with Crippen LogP contribution in [0.5, 0.6) is 0 Å². The van der Waals surface area contributed by atoms with Crippen LogP contribution in [0.15, 0.2) is 28.0 Å². The molecule has 0 aliphatic heterocycles. The molecule has 0 aromatic heterocycles. The molecule has 8 heteroatoms. The Morgan fingerprint density at radius 2 is 1.74 bits per heavy atom. The molecule has 0 aliphatic carbocycles. The Labute approximate surface area is 113 Å². The lowest BCUT2D eigenvalue weighted by Crippen LogP contribution is -2.10. The van der Waals surface area contributed by atoms with Gasteiger partial charge in [-0.1, -0.05) is 0 Å². The molecule has 108 valence electrons. The zero-order valence-corrected chi connectivity index (χ0v) is 12.4. The predicted octanol–water partition coefficient (Wildman–Crippen LogP) is 0.288. The molecule has 0 unspecified atom stereocenters. The van der Waals surface area contributed by atoms with Crippen LogP contribution in [0.25, 0.3) is 0 Å². The summed E-state index contributed by atoms with van der Waals surface area (Å²) in [4.78, 5) is -0.103. The first-order valence-corrected chi connectivity index (χ1v) is 9.33. The molecular formula is C11H17NO5S2. The second kappa shape index (κ2) is 5.89. The fourth-order valence-corrected chi connectivity index (χ4v) is 3.09. The van der Waals surface area contributed by atoms with Gasteiger partial charge in [0, 0.05) is 25.7 Å². The second-order valence-corrected chi connectivity index (χ2v) is 8.21. The quantitative estimate of drug-likeness (QED) is 0.733. The third-order valence-corrected chi connectivity index (χ3v) is 4.68. The van der Waals surface area contributed by atoms with E-state index in [1.165, 1.54) is 12.1 Å². The van der Waals surface area contributed by atoms with Crippen LogP contribution in [-0.4, -0.2) is 47.6 Å². The smallest absolute Gasteiger partial charge is 0.177 e. The number of rotatable bonds is 6. The van der Waals surface area contributed by atoms with Gasteiger partial charge in [0.1, 0.15) is 0 Å². The number of benzene rings is 1. The van der Waals surface area contributed by atoms with E-state index in [1.807, 2.05) is 0 Å². The third-order valence-electron chi connectivity index (χ3n) is 2.43. The average Bonchev–Trinajstić information content (AvgIpc) is 2.27. The van der Waals surface area contributed by atoms with E-state index in [0.717, 1.165) is 18.6 Å². The van der Waals surface area contributed by atoms with E-state index < -0.39 is 19.7 Å². The molecular weight excluding hydrogens is 290 g/mol. The van der Waals surface area contributed by atoms with E-state index >= 15 is 0 Å². The summed E-state index contributed by atoms with van der Waals surface area (Å²) in [5.41, 5.74) is 0.336. The molecule has 0 aliphatic rings. The summed E-state index contributed by atoms with van der Waals surface area (Å²) in [5, 5.41) is 11.6. The van der Waals surface area contributed by atoms with Gasteiger partial charge in [-0.2, -0.15) is 0 Å². The van der Waals surface area contributed by atoms with Gasteiger partial charge in [-0.15, -0.1) is 0 Å². The fraction of sp³-hybridized carbons (Fsp3) is 0.455. The molecule has 1 aromatic carbocycles. The van der Waals surface area contributed by atoms with Crippen molar-refractivity contribution in [2.24, 2.45) is 0 Å². The Bertz CT molecular complexity index is 650. The van der Waals surface area contributed by atoms with Crippen molar-refractivity contribution in [3.63, 3.8) is 0 Å². The van der Waals surface area contributed by atoms with Crippen LogP contribution in [0.3, 0.4) is 0 Å². The summed E-state index contributed by atoms with van der Waals surface area (Å²) in [7, 11) is -7.00. The van der Waals surface area contributed by atoms with Crippen molar-refractivity contribution in [3.05, 3.63) is 18.2 Å². The first kappa shape index (κ1) is 15.9. The molecule has 2 N–H and O–H groups in total. The molecule has 0 radical (unpaired) electrons. The molecule has 0 saturated carbocycles. The van der Waals surface area contributed by atoms with Gasteiger partial charge in [-0.25, -0.2) is 16.8 Å². The first-order chi connectivity index (χ1) is 8.66. The van der Waals surface area contributed by atoms with E-state index in [9.17, 15) is 16.8 Å². The van der Waals surface area contributed by atoms with Crippen molar-refractivity contribution < 1.29 is 21.9 Å². The molecule has 0 atom stereocenters. The number of hydrogen-bond donors (Lipinski definition) is 2. The van der Waals surface area contributed by atoms with Crippen LogP contribution in [0, 0.1) is 0 Å². The van der Waals surface area contributed by atoms with E-state index in [0.29, 0.717) is 18.7 Å². The average molecular weight is 307 g/mol. The standard InChI is InChI=1S/C11H17NO5S2/c1-18(14,15)9-4-5-10(12-6-3-7-13)11(8-9)19(2,16)17/h4-5,8,12-13H,3,6-7H2,1-2H3. The van der Waals surface area contributed by atoms with E-state index in [-0.39, 0.29) is 16.4 Å². The lowest BCUT2D eigenvalue weighted by atomic mass is 10.3. The highest BCUT2D eigenvalue weighted by atomic mass is 32.2. The maximum Gasteiger partial charge on any atom is 0.177 e. The van der Waals surface area contributed by atoms with E-state index in [4.69, 9.17) is 5.11 Å². The van der Waals surface area contributed by atoms with Crippen molar-refractivity contribution >= 4 is 25.4 Å². The molecule has 0 spiro atoms. The maximum atomic E-state index is 11.7. The normalized spacial score (nSPS) is 12.4. The van der Waals surface area contributed by atoms with Crippen LogP contribution in [0.4, 0.5) is 5.69 Å². The molecule has 19 heavy (non-hydrogen) atoms. The topological polar surface area (TPSA) is 101 Å². The zero-order chi connectivity index (χ0) is 14.7. The summed E-state index contributed by atoms with van der Waals surface area (Å²) in [6.07, 6.45) is 2.51. The van der Waals surface area contributed by atoms with Gasteiger partial charge >= 0.3 is 0 Å². The minimum Gasteiger partial charge on any atom is -0.396 e. The van der Waals surface area contributed by atoms with Gasteiger partial charge in [0.25, 0.3) is 0 Å². The van der Waals surface area contributed by atoms with Gasteiger partial charge in [0.2, 0.25) is 0 Å². The van der Waals surface area contributed by atoms with Gasteiger partial charge < -0.3 is 10.4 Å². The molecule has 1 aromatic rings. The number of sulfone groups is 2. The molecule has 0 fully saturated rings. The Hall–Kier alpha value is -1.12. The van der Waals surface area contributed by atoms with Crippen LogP contribution in [-0.2, 0) is 19.7 Å². The lowest BCUT2D eigenvalue weighted by molar-refractivity contribution is 0.292. The van der Waals surface area contributed by atoms with Crippen molar-refractivity contribution in [2.45, 2.75) is 16.2 Å². The monoisotopic (exact) mass is 307 g/mol. The Kier molecular flexibility index (Phi) is 4.94. The Morgan fingerprint density at radius 3 is 2.21 bits per heavy atom. The molecule has 6 nitrogen and oxygen atoms in total. The number of aliphatic hydroxyl groups is 1. The fourth-order valence-electron chi connectivity index (χ4n) is 1.49. The molecule has 0 heterocycles. The highest BCUT2D eigenvalue weighted by Gasteiger charge is 2.17. The van der Waals surface area contributed by atoms with E-state index in [2.05, 4.69) is 5.32 Å². The maximum absolute atomic E-state index is 11.7. The third kappa shape index (κ3) is 4.48. The van der Waals surface area contributed by atoms with Crippen molar-refractivity contribution in [1.82, 2.24) is 0 Å². The van der Waals surface area contributed by atoms with Crippen LogP contribution < -0.4 is 5.32 Å². The Morgan fingerprint density at radius 1 is 1.11 bits per heavy atom. The zero-order valence-electron chi connectivity index (χ0n) is 10.8. The first-order valence-electron chi connectivity index (χ1n) is 5.55. The highest BCUT2D eigenvalue weighted by Crippen LogP contribution is 2.25. The largest absolute Gasteiger partial charge is 0.396 e. The summed E-state index contributed by atoms with van der Waals surface area (Å²) >= 11 is 0. The minimum absolute atomic E-state index is 0.0113. The van der Waals surface area contributed by atoms with Gasteiger partial charge in [-0.3, -0.25) is 0 Å².